The van der Waals surface area contributed by atoms with Crippen molar-refractivity contribution < 1.29 is 9.67 Å². The molecule has 2 rings (SSSR count). The topological polar surface area (TPSA) is 37.3 Å². The highest BCUT2D eigenvalue weighted by Gasteiger charge is 2.33. The van der Waals surface area contributed by atoms with Gasteiger partial charge in [-0.1, -0.05) is 79.7 Å². The summed E-state index contributed by atoms with van der Waals surface area (Å²) in [5, 5.41) is 10.8. The molecule has 0 aromatic heterocycles. The maximum atomic E-state index is 13.9. The predicted octanol–water partition coefficient (Wildman–Crippen LogP) is 3.33. The van der Waals surface area contributed by atoms with Gasteiger partial charge in [0.05, 0.1) is 6.61 Å². The molecule has 0 saturated heterocycles. The Morgan fingerprint density at radius 1 is 1.00 bits per heavy atom. The fourth-order valence-electron chi connectivity index (χ4n) is 2.56. The molecule has 110 valence electrons. The average molecular weight is 300 g/mol. The third-order valence-electron chi connectivity index (χ3n) is 3.63. The summed E-state index contributed by atoms with van der Waals surface area (Å²) in [4.78, 5) is 0. The van der Waals surface area contributed by atoms with Crippen LogP contribution in [0.2, 0.25) is 0 Å². The first-order valence-corrected chi connectivity index (χ1v) is 8.99. The Morgan fingerprint density at radius 2 is 1.48 bits per heavy atom. The summed E-state index contributed by atoms with van der Waals surface area (Å²) in [5.74, 6) is 0. The lowest BCUT2D eigenvalue weighted by atomic mass is 10.3. The van der Waals surface area contributed by atoms with Crippen molar-refractivity contribution in [2.24, 2.45) is 0 Å². The molecule has 2 aromatic carbocycles. The minimum absolute atomic E-state index is 0.0277. The molecule has 0 aliphatic rings. The molecule has 3 heteroatoms. The molecule has 1 unspecified atom stereocenters. The van der Waals surface area contributed by atoms with Gasteiger partial charge in [0.2, 0.25) is 0 Å². The second-order valence-electron chi connectivity index (χ2n) is 4.92. The van der Waals surface area contributed by atoms with Crippen LogP contribution in [0.15, 0.2) is 72.8 Å². The van der Waals surface area contributed by atoms with E-state index < -0.39 is 7.14 Å². The van der Waals surface area contributed by atoms with Crippen LogP contribution in [0.4, 0.5) is 0 Å². The van der Waals surface area contributed by atoms with Crippen LogP contribution >= 0.6 is 7.14 Å². The molecular weight excluding hydrogens is 279 g/mol. The number of allylic oxidation sites excluding steroid dienone is 1. The first kappa shape index (κ1) is 15.8. The van der Waals surface area contributed by atoms with Gasteiger partial charge in [-0.15, -0.1) is 0 Å². The van der Waals surface area contributed by atoms with Gasteiger partial charge in [-0.25, -0.2) is 0 Å². The number of rotatable bonds is 6. The molecule has 0 spiro atoms. The SMILES string of the molecule is CCC(/C=C/CO)P(=O)(c1ccccc1)c1ccccc1. The fraction of sp³-hybridized carbons (Fsp3) is 0.222. The van der Waals surface area contributed by atoms with Gasteiger partial charge in [-0.05, 0) is 6.42 Å². The van der Waals surface area contributed by atoms with Crippen molar-refractivity contribution >= 4 is 17.8 Å². The lowest BCUT2D eigenvalue weighted by Crippen LogP contribution is -2.24. The summed E-state index contributed by atoms with van der Waals surface area (Å²) < 4.78 is 13.9. The van der Waals surface area contributed by atoms with E-state index >= 15 is 0 Å². The van der Waals surface area contributed by atoms with Gasteiger partial charge in [-0.3, -0.25) is 0 Å². The Hall–Kier alpha value is -1.63. The number of aliphatic hydroxyl groups is 1. The van der Waals surface area contributed by atoms with Crippen LogP contribution in [0, 0.1) is 0 Å². The predicted molar refractivity (Wildman–Crippen MR) is 90.1 cm³/mol. The molecular formula is C18H21O2P. The summed E-state index contributed by atoms with van der Waals surface area (Å²) in [7, 11) is -2.76. The molecule has 1 atom stereocenters. The van der Waals surface area contributed by atoms with Crippen LogP contribution in [0.1, 0.15) is 13.3 Å². The zero-order valence-electron chi connectivity index (χ0n) is 12.2. The molecule has 21 heavy (non-hydrogen) atoms. The van der Waals surface area contributed by atoms with E-state index in [0.29, 0.717) is 0 Å². The van der Waals surface area contributed by atoms with Crippen molar-refractivity contribution in [1.82, 2.24) is 0 Å². The zero-order chi connectivity index (χ0) is 15.1. The second-order valence-corrected chi connectivity index (χ2v) is 7.93. The first-order chi connectivity index (χ1) is 10.2. The zero-order valence-corrected chi connectivity index (χ0v) is 13.1. The minimum Gasteiger partial charge on any atom is -0.392 e. The summed E-state index contributed by atoms with van der Waals surface area (Å²) in [6.45, 7) is 2.00. The molecule has 0 bridgehead atoms. The Bertz CT molecular complexity index is 577. The van der Waals surface area contributed by atoms with Crippen molar-refractivity contribution in [3.63, 3.8) is 0 Å². The third-order valence-corrected chi connectivity index (χ3v) is 7.23. The van der Waals surface area contributed by atoms with Crippen molar-refractivity contribution in [3.05, 3.63) is 72.8 Å². The van der Waals surface area contributed by atoms with E-state index in [1.807, 2.05) is 73.7 Å². The Kier molecular flexibility index (Phi) is 5.55. The molecule has 0 aliphatic carbocycles. The molecule has 0 saturated carbocycles. The quantitative estimate of drug-likeness (QED) is 0.656. The smallest absolute Gasteiger partial charge is 0.149 e. The first-order valence-electron chi connectivity index (χ1n) is 7.22. The van der Waals surface area contributed by atoms with Crippen LogP contribution in [0.5, 0.6) is 0 Å². The highest BCUT2D eigenvalue weighted by Crippen LogP contribution is 2.50. The normalized spacial score (nSPS) is 13.4. The lowest BCUT2D eigenvalue weighted by molar-refractivity contribution is 0.342. The maximum absolute atomic E-state index is 13.9. The summed E-state index contributed by atoms with van der Waals surface area (Å²) in [6.07, 6.45) is 4.34. The van der Waals surface area contributed by atoms with Crippen LogP contribution in [-0.2, 0) is 4.57 Å². The number of hydrogen-bond acceptors (Lipinski definition) is 2. The van der Waals surface area contributed by atoms with E-state index in [9.17, 15) is 4.57 Å². The average Bonchev–Trinajstić information content (AvgIpc) is 2.57. The van der Waals surface area contributed by atoms with Gasteiger partial charge in [0.1, 0.15) is 7.14 Å². The summed E-state index contributed by atoms with van der Waals surface area (Å²) in [5.41, 5.74) is -0.102. The van der Waals surface area contributed by atoms with E-state index in [1.165, 1.54) is 0 Å². The monoisotopic (exact) mass is 300 g/mol. The maximum Gasteiger partial charge on any atom is 0.149 e. The number of hydrogen-bond donors (Lipinski definition) is 1. The minimum atomic E-state index is -2.76. The molecule has 0 heterocycles. The van der Waals surface area contributed by atoms with E-state index in [-0.39, 0.29) is 12.3 Å². The number of benzene rings is 2. The highest BCUT2D eigenvalue weighted by atomic mass is 31.2. The summed E-state index contributed by atoms with van der Waals surface area (Å²) in [6, 6.07) is 19.3. The molecule has 2 aromatic rings. The van der Waals surface area contributed by atoms with E-state index in [2.05, 4.69) is 0 Å². The van der Waals surface area contributed by atoms with Crippen LogP contribution < -0.4 is 10.6 Å². The number of aliphatic hydroxyl groups excluding tert-OH is 1. The van der Waals surface area contributed by atoms with Gasteiger partial charge in [0.25, 0.3) is 0 Å². The van der Waals surface area contributed by atoms with Gasteiger partial charge in [0, 0.05) is 16.3 Å². The van der Waals surface area contributed by atoms with E-state index in [1.54, 1.807) is 6.08 Å². The van der Waals surface area contributed by atoms with Crippen molar-refractivity contribution in [3.8, 4) is 0 Å². The molecule has 0 radical (unpaired) electrons. The fourth-order valence-corrected chi connectivity index (χ4v) is 5.74. The van der Waals surface area contributed by atoms with E-state index in [4.69, 9.17) is 5.11 Å². The molecule has 2 nitrogen and oxygen atoms in total. The van der Waals surface area contributed by atoms with Gasteiger partial charge >= 0.3 is 0 Å². The van der Waals surface area contributed by atoms with Crippen molar-refractivity contribution in [1.29, 1.82) is 0 Å². The molecule has 0 fully saturated rings. The molecule has 1 N–H and O–H groups in total. The van der Waals surface area contributed by atoms with Gasteiger partial charge < -0.3 is 9.67 Å². The Morgan fingerprint density at radius 3 is 1.86 bits per heavy atom. The summed E-state index contributed by atoms with van der Waals surface area (Å²) >= 11 is 0. The molecule has 0 aliphatic heterocycles. The Labute approximate surface area is 126 Å². The second kappa shape index (κ2) is 7.40. The van der Waals surface area contributed by atoms with Crippen molar-refractivity contribution in [2.45, 2.75) is 19.0 Å². The molecule has 0 amide bonds. The third kappa shape index (κ3) is 3.34. The lowest BCUT2D eigenvalue weighted by Gasteiger charge is -2.26. The van der Waals surface area contributed by atoms with Crippen molar-refractivity contribution in [2.75, 3.05) is 6.61 Å². The van der Waals surface area contributed by atoms with Gasteiger partial charge in [-0.2, -0.15) is 0 Å². The van der Waals surface area contributed by atoms with Crippen LogP contribution in [-0.4, -0.2) is 17.4 Å². The standard InChI is InChI=1S/C18H21O2P/c1-2-16(14-9-15-19)21(20,17-10-5-3-6-11-17)18-12-7-4-8-13-18/h3-14,16,19H,2,15H2,1H3/b14-9+. The van der Waals surface area contributed by atoms with Gasteiger partial charge in [0.15, 0.2) is 0 Å². The highest BCUT2D eigenvalue weighted by molar-refractivity contribution is 7.79. The Balaban J connectivity index is 2.59. The largest absolute Gasteiger partial charge is 0.392 e. The van der Waals surface area contributed by atoms with E-state index in [0.717, 1.165) is 17.0 Å². The van der Waals surface area contributed by atoms with Crippen LogP contribution in [0.25, 0.3) is 0 Å². The van der Waals surface area contributed by atoms with Crippen LogP contribution in [0.3, 0.4) is 0 Å².